The number of fused-ring (bicyclic) bond motifs is 2. The second-order valence-corrected chi connectivity index (χ2v) is 8.53. The van der Waals surface area contributed by atoms with Crippen molar-refractivity contribution in [1.29, 1.82) is 0 Å². The maximum atomic E-state index is 12.9. The van der Waals surface area contributed by atoms with E-state index in [0.29, 0.717) is 31.3 Å². The highest BCUT2D eigenvalue weighted by Crippen LogP contribution is 2.48. The van der Waals surface area contributed by atoms with Crippen molar-refractivity contribution in [2.75, 3.05) is 53.5 Å². The molecule has 13 heteroatoms. The molecule has 33 heavy (non-hydrogen) atoms. The number of likely N-dealkylation sites (tertiary alicyclic amines) is 3. The summed E-state index contributed by atoms with van der Waals surface area (Å²) in [7, 11) is 3.66. The highest BCUT2D eigenvalue weighted by atomic mass is 19.4. The maximum Gasteiger partial charge on any atom is 0.490 e. The molecule has 3 aliphatic heterocycles. The van der Waals surface area contributed by atoms with Gasteiger partial charge in [0.05, 0.1) is 18.1 Å². The Morgan fingerprint density at radius 2 is 1.94 bits per heavy atom. The van der Waals surface area contributed by atoms with Crippen molar-refractivity contribution in [3.63, 3.8) is 0 Å². The highest BCUT2D eigenvalue weighted by molar-refractivity contribution is 5.92. The van der Waals surface area contributed by atoms with E-state index in [4.69, 9.17) is 14.6 Å². The van der Waals surface area contributed by atoms with Gasteiger partial charge in [-0.1, -0.05) is 0 Å². The first-order chi connectivity index (χ1) is 15.5. The monoisotopic (exact) mass is 475 g/mol. The minimum atomic E-state index is -5.08. The largest absolute Gasteiger partial charge is 0.490 e. The van der Waals surface area contributed by atoms with E-state index in [-0.39, 0.29) is 23.3 Å². The first-order valence-electron chi connectivity index (χ1n) is 10.6. The van der Waals surface area contributed by atoms with Gasteiger partial charge in [0.2, 0.25) is 5.91 Å². The average Bonchev–Trinajstić information content (AvgIpc) is 3.49. The minimum Gasteiger partial charge on any atom is -0.475 e. The van der Waals surface area contributed by atoms with Gasteiger partial charge in [-0.3, -0.25) is 19.6 Å². The smallest absolute Gasteiger partial charge is 0.475 e. The summed E-state index contributed by atoms with van der Waals surface area (Å²) in [5, 5.41) is 13.7. The number of rotatable bonds is 4. The molecule has 2 atom stereocenters. The van der Waals surface area contributed by atoms with E-state index in [2.05, 4.69) is 15.1 Å². The Morgan fingerprint density at radius 3 is 2.45 bits per heavy atom. The van der Waals surface area contributed by atoms with Gasteiger partial charge in [-0.25, -0.2) is 4.79 Å². The van der Waals surface area contributed by atoms with Crippen LogP contribution in [0.3, 0.4) is 0 Å². The molecule has 1 spiro atoms. The molecule has 1 aromatic rings. The number of aliphatic carboxylic acids is 1. The van der Waals surface area contributed by atoms with Crippen LogP contribution in [0.15, 0.2) is 12.3 Å². The van der Waals surface area contributed by atoms with Gasteiger partial charge in [0.15, 0.2) is 0 Å². The first-order valence-corrected chi connectivity index (χ1v) is 10.6. The number of carbonyl (C=O) groups excluding carboxylic acids is 2. The number of ether oxygens (including phenoxy) is 1. The molecule has 184 valence electrons. The Morgan fingerprint density at radius 1 is 1.30 bits per heavy atom. The summed E-state index contributed by atoms with van der Waals surface area (Å²) in [6, 6.07) is 1.71. The Labute approximate surface area is 188 Å². The van der Waals surface area contributed by atoms with Gasteiger partial charge in [-0.05, 0) is 18.9 Å². The molecule has 2 unspecified atom stereocenters. The van der Waals surface area contributed by atoms with Gasteiger partial charge < -0.3 is 19.6 Å². The summed E-state index contributed by atoms with van der Waals surface area (Å²) < 4.78 is 36.9. The molecule has 3 saturated heterocycles. The van der Waals surface area contributed by atoms with Crippen LogP contribution in [0, 0.1) is 11.8 Å². The van der Waals surface area contributed by atoms with Crippen LogP contribution < -0.4 is 0 Å². The molecule has 4 heterocycles. The molecular weight excluding hydrogens is 447 g/mol. The van der Waals surface area contributed by atoms with Gasteiger partial charge in [0, 0.05) is 59.0 Å². The number of piperidine rings is 1. The lowest BCUT2D eigenvalue weighted by molar-refractivity contribution is -0.192. The number of amides is 2. The van der Waals surface area contributed by atoms with Crippen LogP contribution in [0.25, 0.3) is 0 Å². The van der Waals surface area contributed by atoms with Crippen LogP contribution in [0.2, 0.25) is 0 Å². The van der Waals surface area contributed by atoms with Crippen molar-refractivity contribution in [3.05, 3.63) is 18.0 Å². The molecule has 0 aromatic carbocycles. The lowest BCUT2D eigenvalue weighted by atomic mass is 9.75. The Kier molecular flexibility index (Phi) is 7.32. The van der Waals surface area contributed by atoms with E-state index < -0.39 is 12.1 Å². The maximum absolute atomic E-state index is 12.9. The lowest BCUT2D eigenvalue weighted by Crippen LogP contribution is -2.56. The number of carbonyl (C=O) groups is 3. The summed E-state index contributed by atoms with van der Waals surface area (Å²) in [4.78, 5) is 40.5. The summed E-state index contributed by atoms with van der Waals surface area (Å²) in [6.45, 7) is 4.70. The quantitative estimate of drug-likeness (QED) is 0.658. The fraction of sp³-hybridized carbons (Fsp3) is 0.700. The van der Waals surface area contributed by atoms with E-state index in [1.54, 1.807) is 19.4 Å². The molecular formula is C20H28F3N5O5. The van der Waals surface area contributed by atoms with Gasteiger partial charge >= 0.3 is 12.1 Å². The second-order valence-electron chi connectivity index (χ2n) is 8.53. The van der Waals surface area contributed by atoms with Crippen molar-refractivity contribution in [2.45, 2.75) is 24.6 Å². The standard InChI is InChI=1S/C18H27N5O3.C2HF3O2/c1-21-16(24)13-11-22(9-10-26-2)12-14(13)18(21)4-7-23(8-5-18)17(25)15-3-6-19-20-15;3-2(4,5)1(6)7/h3,6,13-14H,4-5,7-12H2,1-2H3,(H,19,20);(H,6,7). The molecule has 2 amide bonds. The number of hydrogen-bond acceptors (Lipinski definition) is 6. The molecule has 1 aromatic heterocycles. The van der Waals surface area contributed by atoms with E-state index in [0.717, 1.165) is 32.5 Å². The zero-order chi connectivity index (χ0) is 24.4. The SMILES string of the molecule is COCCN1CC2C(=O)N(C)C3(CCN(C(=O)c4ccn[nH]4)CC3)C2C1.O=C(O)C(F)(F)F. The number of halogens is 3. The summed E-state index contributed by atoms with van der Waals surface area (Å²) in [6.07, 6.45) is -1.80. The van der Waals surface area contributed by atoms with Crippen molar-refractivity contribution in [2.24, 2.45) is 11.8 Å². The van der Waals surface area contributed by atoms with E-state index in [9.17, 15) is 22.8 Å². The van der Waals surface area contributed by atoms with Crippen molar-refractivity contribution in [1.82, 2.24) is 24.9 Å². The van der Waals surface area contributed by atoms with Crippen molar-refractivity contribution in [3.8, 4) is 0 Å². The Bertz CT molecular complexity index is 855. The number of nitrogens with zero attached hydrogens (tertiary/aromatic N) is 4. The topological polar surface area (TPSA) is 119 Å². The van der Waals surface area contributed by atoms with Crippen LogP contribution in [-0.4, -0.2) is 113 Å². The molecule has 2 N–H and O–H groups in total. The predicted octanol–water partition coefficient (Wildman–Crippen LogP) is 0.684. The number of hydrogen-bond donors (Lipinski definition) is 2. The van der Waals surface area contributed by atoms with Crippen LogP contribution >= 0.6 is 0 Å². The van der Waals surface area contributed by atoms with Gasteiger partial charge in [-0.2, -0.15) is 18.3 Å². The zero-order valence-corrected chi connectivity index (χ0v) is 18.5. The minimum absolute atomic E-state index is 0.00554. The molecule has 3 fully saturated rings. The van der Waals surface area contributed by atoms with Crippen molar-refractivity contribution >= 4 is 17.8 Å². The van der Waals surface area contributed by atoms with Gasteiger partial charge in [-0.15, -0.1) is 0 Å². The first kappa shape index (κ1) is 25.0. The third-order valence-electron chi connectivity index (χ3n) is 6.90. The summed E-state index contributed by atoms with van der Waals surface area (Å²) >= 11 is 0. The number of methoxy groups -OCH3 is 1. The second kappa shape index (κ2) is 9.67. The Balaban J connectivity index is 0.000000383. The molecule has 0 bridgehead atoms. The lowest BCUT2D eigenvalue weighted by Gasteiger charge is -2.46. The van der Waals surface area contributed by atoms with Gasteiger partial charge in [0.1, 0.15) is 5.69 Å². The molecule has 10 nitrogen and oxygen atoms in total. The molecule has 4 rings (SSSR count). The number of H-pyrrole nitrogens is 1. The third-order valence-corrected chi connectivity index (χ3v) is 6.90. The van der Waals surface area contributed by atoms with Crippen LogP contribution in [-0.2, 0) is 14.3 Å². The number of carboxylic acids is 1. The van der Waals surface area contributed by atoms with Crippen LogP contribution in [0.1, 0.15) is 23.3 Å². The fourth-order valence-electron chi connectivity index (χ4n) is 5.15. The van der Waals surface area contributed by atoms with Crippen LogP contribution in [0.4, 0.5) is 13.2 Å². The Hall–Kier alpha value is -2.67. The molecule has 0 radical (unpaired) electrons. The van der Waals surface area contributed by atoms with Crippen molar-refractivity contribution < 1.29 is 37.4 Å². The summed E-state index contributed by atoms with van der Waals surface area (Å²) in [5.41, 5.74) is 0.412. The normalized spacial score (nSPS) is 24.6. The van der Waals surface area contributed by atoms with E-state index >= 15 is 0 Å². The number of aromatic amines is 1. The van der Waals surface area contributed by atoms with E-state index in [1.165, 1.54) is 0 Å². The molecule has 0 aliphatic carbocycles. The summed E-state index contributed by atoms with van der Waals surface area (Å²) in [5.74, 6) is -2.06. The molecule has 0 saturated carbocycles. The fourth-order valence-corrected chi connectivity index (χ4v) is 5.15. The molecule has 3 aliphatic rings. The average molecular weight is 475 g/mol. The van der Waals surface area contributed by atoms with Crippen LogP contribution in [0.5, 0.6) is 0 Å². The third kappa shape index (κ3) is 4.98. The van der Waals surface area contributed by atoms with Gasteiger partial charge in [0.25, 0.3) is 5.91 Å². The number of carboxylic acid groups (broad SMARTS) is 1. The number of nitrogens with one attached hydrogen (secondary N) is 1. The van der Waals surface area contributed by atoms with E-state index in [1.807, 2.05) is 16.8 Å². The highest BCUT2D eigenvalue weighted by Gasteiger charge is 2.60. The number of aromatic nitrogens is 2. The predicted molar refractivity (Wildman–Crippen MR) is 108 cm³/mol. The zero-order valence-electron chi connectivity index (χ0n) is 18.5. The number of alkyl halides is 3.